The van der Waals surface area contributed by atoms with Crippen LogP contribution in [0.1, 0.15) is 10.4 Å². The van der Waals surface area contributed by atoms with Crippen molar-refractivity contribution >= 4 is 49.9 Å². The molecule has 4 aromatic rings. The summed E-state index contributed by atoms with van der Waals surface area (Å²) < 4.78 is 14.3. The molecule has 0 spiro atoms. The maximum atomic E-state index is 13.4. The quantitative estimate of drug-likeness (QED) is 0.441. The first-order chi connectivity index (χ1) is 13.6. The van der Waals surface area contributed by atoms with Crippen molar-refractivity contribution in [2.75, 3.05) is 10.6 Å². The van der Waals surface area contributed by atoms with Crippen LogP contribution in [0.15, 0.2) is 77.5 Å². The van der Waals surface area contributed by atoms with Gasteiger partial charge in [-0.25, -0.2) is 14.4 Å². The lowest BCUT2D eigenvalue weighted by Gasteiger charge is -2.11. The number of fused-ring (bicyclic) bond motifs is 1. The van der Waals surface area contributed by atoms with Crippen LogP contribution in [0.5, 0.6) is 0 Å². The Bertz CT molecular complexity index is 1180. The largest absolute Gasteiger partial charge is 0.340 e. The molecule has 0 aliphatic carbocycles. The molecule has 0 saturated heterocycles. The van der Waals surface area contributed by atoms with Crippen LogP contribution in [0.4, 0.5) is 21.6 Å². The highest BCUT2D eigenvalue weighted by Crippen LogP contribution is 2.27. The molecule has 1 amide bonds. The Hall–Kier alpha value is -3.32. The minimum absolute atomic E-state index is 0.247. The third-order valence-electron chi connectivity index (χ3n) is 4.07. The van der Waals surface area contributed by atoms with E-state index >= 15 is 0 Å². The average Bonchev–Trinajstić information content (AvgIpc) is 2.68. The zero-order chi connectivity index (χ0) is 19.5. The number of carbonyl (C=O) groups is 1. The Morgan fingerprint density at radius 1 is 0.929 bits per heavy atom. The van der Waals surface area contributed by atoms with Crippen molar-refractivity contribution in [2.45, 2.75) is 0 Å². The molecule has 0 radical (unpaired) electrons. The summed E-state index contributed by atoms with van der Waals surface area (Å²) in [4.78, 5) is 21.0. The predicted octanol–water partition coefficient (Wildman–Crippen LogP) is 5.53. The maximum absolute atomic E-state index is 13.4. The van der Waals surface area contributed by atoms with Crippen LogP contribution in [-0.2, 0) is 0 Å². The van der Waals surface area contributed by atoms with E-state index in [9.17, 15) is 9.18 Å². The molecule has 1 aromatic heterocycles. The fraction of sp³-hybridized carbons (Fsp3) is 0. The van der Waals surface area contributed by atoms with E-state index in [2.05, 4.69) is 36.5 Å². The second-order valence-electron chi connectivity index (χ2n) is 6.05. The van der Waals surface area contributed by atoms with Crippen molar-refractivity contribution in [3.8, 4) is 0 Å². The number of hydrogen-bond acceptors (Lipinski definition) is 4. The first kappa shape index (κ1) is 18.1. The predicted molar refractivity (Wildman–Crippen MR) is 111 cm³/mol. The van der Waals surface area contributed by atoms with E-state index < -0.39 is 11.7 Å². The van der Waals surface area contributed by atoms with Gasteiger partial charge in [0.1, 0.15) is 18.0 Å². The van der Waals surface area contributed by atoms with E-state index in [0.717, 1.165) is 21.1 Å². The molecule has 0 aliphatic rings. The molecule has 7 heteroatoms. The number of carbonyl (C=O) groups excluding carboxylic acids is 1. The number of anilines is 3. The van der Waals surface area contributed by atoms with Crippen LogP contribution >= 0.6 is 15.9 Å². The number of halogens is 2. The van der Waals surface area contributed by atoms with Crippen molar-refractivity contribution in [2.24, 2.45) is 0 Å². The average molecular weight is 437 g/mol. The Balaban J connectivity index is 1.65. The van der Waals surface area contributed by atoms with E-state index in [1.54, 1.807) is 24.3 Å². The monoisotopic (exact) mass is 436 g/mol. The molecule has 2 N–H and O–H groups in total. The molecule has 4 rings (SSSR count). The molecule has 0 saturated carbocycles. The number of aromatic nitrogens is 2. The number of nitrogens with zero attached hydrogens (tertiary/aromatic N) is 2. The lowest BCUT2D eigenvalue weighted by molar-refractivity contribution is 0.102. The fourth-order valence-corrected chi connectivity index (χ4v) is 3.17. The number of benzene rings is 3. The number of hydrogen-bond donors (Lipinski definition) is 2. The van der Waals surface area contributed by atoms with E-state index in [1.807, 2.05) is 24.3 Å². The third kappa shape index (κ3) is 3.99. The molecule has 0 bridgehead atoms. The minimum atomic E-state index is -0.458. The summed E-state index contributed by atoms with van der Waals surface area (Å²) in [5.74, 6) is -0.234. The van der Waals surface area contributed by atoms with E-state index in [-0.39, 0.29) is 5.56 Å². The number of amides is 1. The van der Waals surface area contributed by atoms with Crippen molar-refractivity contribution in [3.63, 3.8) is 0 Å². The second kappa shape index (κ2) is 7.74. The summed E-state index contributed by atoms with van der Waals surface area (Å²) in [5, 5.41) is 6.79. The smallest absolute Gasteiger partial charge is 0.255 e. The SMILES string of the molecule is O=C(Nc1ccc2ncnc(Nc3cccc(Br)c3)c2c1)c1cccc(F)c1. The van der Waals surface area contributed by atoms with Gasteiger partial charge in [-0.15, -0.1) is 0 Å². The maximum Gasteiger partial charge on any atom is 0.255 e. The van der Waals surface area contributed by atoms with Gasteiger partial charge in [0, 0.05) is 26.8 Å². The van der Waals surface area contributed by atoms with Crippen molar-refractivity contribution < 1.29 is 9.18 Å². The summed E-state index contributed by atoms with van der Waals surface area (Å²) in [5.41, 5.74) is 2.41. The van der Waals surface area contributed by atoms with Gasteiger partial charge in [0.2, 0.25) is 0 Å². The molecule has 0 fully saturated rings. The molecule has 138 valence electrons. The number of rotatable bonds is 4. The number of nitrogens with one attached hydrogen (secondary N) is 2. The van der Waals surface area contributed by atoms with Crippen molar-refractivity contribution in [3.05, 3.63) is 88.9 Å². The molecule has 0 atom stereocenters. The molecular weight excluding hydrogens is 423 g/mol. The molecule has 0 aliphatic heterocycles. The normalized spacial score (nSPS) is 10.6. The van der Waals surface area contributed by atoms with Gasteiger partial charge in [-0.2, -0.15) is 0 Å². The Labute approximate surface area is 168 Å². The van der Waals surface area contributed by atoms with Gasteiger partial charge in [-0.05, 0) is 54.6 Å². The van der Waals surface area contributed by atoms with Crippen LogP contribution < -0.4 is 10.6 Å². The van der Waals surface area contributed by atoms with Gasteiger partial charge in [-0.3, -0.25) is 4.79 Å². The van der Waals surface area contributed by atoms with E-state index in [0.29, 0.717) is 11.5 Å². The summed E-state index contributed by atoms with van der Waals surface area (Å²) in [7, 11) is 0. The van der Waals surface area contributed by atoms with Crippen LogP contribution in [0.2, 0.25) is 0 Å². The summed E-state index contributed by atoms with van der Waals surface area (Å²) in [6, 6.07) is 18.6. The van der Waals surface area contributed by atoms with Crippen molar-refractivity contribution in [1.82, 2.24) is 9.97 Å². The van der Waals surface area contributed by atoms with E-state index in [1.165, 1.54) is 24.5 Å². The lowest BCUT2D eigenvalue weighted by Crippen LogP contribution is -2.12. The van der Waals surface area contributed by atoms with Gasteiger partial charge in [0.05, 0.1) is 5.52 Å². The Morgan fingerprint density at radius 2 is 1.79 bits per heavy atom. The van der Waals surface area contributed by atoms with E-state index in [4.69, 9.17) is 0 Å². The standard InChI is InChI=1S/C21H14BrFN4O/c22-14-4-2-6-16(10-14)26-20-18-11-17(7-8-19(18)24-12-25-20)27-21(28)13-3-1-5-15(23)9-13/h1-12H,(H,27,28)(H,24,25,26). The third-order valence-corrected chi connectivity index (χ3v) is 4.56. The highest BCUT2D eigenvalue weighted by molar-refractivity contribution is 9.10. The first-order valence-electron chi connectivity index (χ1n) is 8.43. The van der Waals surface area contributed by atoms with Crippen LogP contribution in [0.3, 0.4) is 0 Å². The summed E-state index contributed by atoms with van der Waals surface area (Å²) in [6.45, 7) is 0. The second-order valence-corrected chi connectivity index (χ2v) is 6.97. The highest BCUT2D eigenvalue weighted by Gasteiger charge is 2.10. The summed E-state index contributed by atoms with van der Waals surface area (Å²) in [6.07, 6.45) is 1.48. The Morgan fingerprint density at radius 3 is 2.61 bits per heavy atom. The van der Waals surface area contributed by atoms with Gasteiger partial charge in [-0.1, -0.05) is 28.1 Å². The zero-order valence-electron chi connectivity index (χ0n) is 14.5. The first-order valence-corrected chi connectivity index (χ1v) is 9.22. The van der Waals surface area contributed by atoms with Gasteiger partial charge >= 0.3 is 0 Å². The highest BCUT2D eigenvalue weighted by atomic mass is 79.9. The molecule has 5 nitrogen and oxygen atoms in total. The Kier molecular flexibility index (Phi) is 4.99. The zero-order valence-corrected chi connectivity index (χ0v) is 16.1. The van der Waals surface area contributed by atoms with Gasteiger partial charge in [0.15, 0.2) is 0 Å². The van der Waals surface area contributed by atoms with Gasteiger partial charge < -0.3 is 10.6 Å². The fourth-order valence-electron chi connectivity index (χ4n) is 2.77. The molecule has 1 heterocycles. The van der Waals surface area contributed by atoms with Crippen LogP contribution in [0, 0.1) is 5.82 Å². The molecule has 28 heavy (non-hydrogen) atoms. The molecular formula is C21H14BrFN4O. The van der Waals surface area contributed by atoms with Crippen LogP contribution in [0.25, 0.3) is 10.9 Å². The van der Waals surface area contributed by atoms with Crippen molar-refractivity contribution in [1.29, 1.82) is 0 Å². The molecule has 0 unspecified atom stereocenters. The van der Waals surface area contributed by atoms with Crippen LogP contribution in [-0.4, -0.2) is 15.9 Å². The topological polar surface area (TPSA) is 66.9 Å². The summed E-state index contributed by atoms with van der Waals surface area (Å²) >= 11 is 3.44. The minimum Gasteiger partial charge on any atom is -0.340 e. The lowest BCUT2D eigenvalue weighted by atomic mass is 10.1. The molecule has 3 aromatic carbocycles. The van der Waals surface area contributed by atoms with Gasteiger partial charge in [0.25, 0.3) is 5.91 Å².